The summed E-state index contributed by atoms with van der Waals surface area (Å²) < 4.78 is 39.0. The number of nitrogens with zero attached hydrogens (tertiary/aromatic N) is 3. The normalized spacial score (nSPS) is 10.7. The molecule has 0 radical (unpaired) electrons. The molecule has 0 fully saturated rings. The van der Waals surface area contributed by atoms with Crippen LogP contribution in [0.3, 0.4) is 0 Å². The number of aromatic nitrogens is 1. The van der Waals surface area contributed by atoms with Gasteiger partial charge in [0.25, 0.3) is 0 Å². The topological polar surface area (TPSA) is 115 Å². The number of ether oxygens (including phenoxy) is 1. The summed E-state index contributed by atoms with van der Waals surface area (Å²) in [6.07, 6.45) is -5.07. The lowest BCUT2D eigenvalue weighted by atomic mass is 10.2. The molecule has 0 unspecified atom stereocenters. The lowest BCUT2D eigenvalue weighted by Gasteiger charge is -2.06. The standard InChI is InChI=1S/C7H3F3N4O3/c8-7(9,10)17-4-1-3(2-11)5(12)6(13-4)14(15)16/h1H,12H2. The third-order valence-electron chi connectivity index (χ3n) is 1.53. The molecule has 1 rings (SSSR count). The second kappa shape index (κ2) is 4.12. The Morgan fingerprint density at radius 1 is 1.59 bits per heavy atom. The van der Waals surface area contributed by atoms with E-state index in [2.05, 4.69) is 9.72 Å². The van der Waals surface area contributed by atoms with Gasteiger partial charge in [-0.25, -0.2) is 0 Å². The van der Waals surface area contributed by atoms with E-state index < -0.39 is 34.2 Å². The van der Waals surface area contributed by atoms with E-state index in [0.29, 0.717) is 6.07 Å². The second-order valence-corrected chi connectivity index (χ2v) is 2.66. The van der Waals surface area contributed by atoms with Crippen molar-refractivity contribution in [2.24, 2.45) is 0 Å². The van der Waals surface area contributed by atoms with Crippen LogP contribution in [0, 0.1) is 21.4 Å². The van der Waals surface area contributed by atoms with Gasteiger partial charge < -0.3 is 20.6 Å². The Kier molecular flexibility index (Phi) is 3.03. The summed E-state index contributed by atoms with van der Waals surface area (Å²) in [5.74, 6) is -2.18. The fourth-order valence-corrected chi connectivity index (χ4v) is 0.921. The van der Waals surface area contributed by atoms with Gasteiger partial charge in [-0.05, 0) is 4.92 Å². The first kappa shape index (κ1) is 12.5. The minimum Gasteiger partial charge on any atom is -0.391 e. The molecule has 0 aromatic carbocycles. The number of alkyl halides is 3. The molecule has 17 heavy (non-hydrogen) atoms. The lowest BCUT2D eigenvalue weighted by Crippen LogP contribution is -2.18. The number of rotatable bonds is 2. The summed E-state index contributed by atoms with van der Waals surface area (Å²) >= 11 is 0. The van der Waals surface area contributed by atoms with Crippen LogP contribution < -0.4 is 10.5 Å². The predicted octanol–water partition coefficient (Wildman–Crippen LogP) is 1.34. The number of nitrogens with two attached hydrogens (primary N) is 1. The van der Waals surface area contributed by atoms with Crippen LogP contribution in [0.5, 0.6) is 5.88 Å². The Hall–Kier alpha value is -2.57. The fourth-order valence-electron chi connectivity index (χ4n) is 0.921. The average Bonchev–Trinajstić information content (AvgIpc) is 2.17. The number of anilines is 1. The Morgan fingerprint density at radius 3 is 2.59 bits per heavy atom. The van der Waals surface area contributed by atoms with E-state index in [0.717, 1.165) is 0 Å². The first-order valence-electron chi connectivity index (χ1n) is 3.85. The quantitative estimate of drug-likeness (QED) is 0.623. The summed E-state index contributed by atoms with van der Waals surface area (Å²) in [6.45, 7) is 0. The third-order valence-corrected chi connectivity index (χ3v) is 1.53. The van der Waals surface area contributed by atoms with E-state index in [-0.39, 0.29) is 0 Å². The van der Waals surface area contributed by atoms with Crippen molar-refractivity contribution in [1.82, 2.24) is 4.98 Å². The van der Waals surface area contributed by atoms with Gasteiger partial charge in [-0.15, -0.1) is 13.2 Å². The predicted molar refractivity (Wildman–Crippen MR) is 46.7 cm³/mol. The Morgan fingerprint density at radius 2 is 2.18 bits per heavy atom. The van der Waals surface area contributed by atoms with Crippen molar-refractivity contribution in [2.75, 3.05) is 5.73 Å². The minimum atomic E-state index is -5.07. The molecule has 7 nitrogen and oxygen atoms in total. The molecule has 0 spiro atoms. The van der Waals surface area contributed by atoms with E-state index in [1.165, 1.54) is 6.07 Å². The molecule has 0 saturated carbocycles. The molecule has 1 heterocycles. The summed E-state index contributed by atoms with van der Waals surface area (Å²) in [5.41, 5.74) is 4.02. The molecule has 0 aliphatic rings. The van der Waals surface area contributed by atoms with Crippen molar-refractivity contribution in [3.05, 3.63) is 21.7 Å². The van der Waals surface area contributed by atoms with Crippen molar-refractivity contribution >= 4 is 11.5 Å². The van der Waals surface area contributed by atoms with Crippen LogP contribution in [0.15, 0.2) is 6.07 Å². The molecule has 0 aliphatic carbocycles. The molecule has 0 aliphatic heterocycles. The zero-order valence-corrected chi connectivity index (χ0v) is 7.85. The van der Waals surface area contributed by atoms with Gasteiger partial charge in [0.05, 0.1) is 5.56 Å². The summed E-state index contributed by atoms with van der Waals surface area (Å²) in [6, 6.07) is 1.97. The molecular formula is C7H3F3N4O3. The van der Waals surface area contributed by atoms with E-state index >= 15 is 0 Å². The van der Waals surface area contributed by atoms with E-state index in [4.69, 9.17) is 11.0 Å². The van der Waals surface area contributed by atoms with Crippen LogP contribution in [0.2, 0.25) is 0 Å². The molecule has 1 aromatic rings. The Labute approximate surface area is 91.4 Å². The molecule has 0 atom stereocenters. The highest BCUT2D eigenvalue weighted by Gasteiger charge is 2.35. The highest BCUT2D eigenvalue weighted by molar-refractivity contribution is 5.65. The third kappa shape index (κ3) is 2.94. The van der Waals surface area contributed by atoms with Gasteiger partial charge in [-0.2, -0.15) is 5.26 Å². The molecule has 0 amide bonds. The van der Waals surface area contributed by atoms with Crippen LogP contribution in [0.25, 0.3) is 0 Å². The molecule has 2 N–H and O–H groups in total. The SMILES string of the molecule is N#Cc1cc(OC(F)(F)F)nc([N+](=O)[O-])c1N. The number of nitriles is 1. The zero-order valence-electron chi connectivity index (χ0n) is 7.85. The van der Waals surface area contributed by atoms with Gasteiger partial charge in [0.15, 0.2) is 0 Å². The van der Waals surface area contributed by atoms with Gasteiger partial charge in [-0.3, -0.25) is 0 Å². The number of nitro groups is 1. The molecule has 90 valence electrons. The first-order valence-corrected chi connectivity index (χ1v) is 3.85. The molecular weight excluding hydrogens is 245 g/mol. The number of hydrogen-bond acceptors (Lipinski definition) is 6. The lowest BCUT2D eigenvalue weighted by molar-refractivity contribution is -0.389. The van der Waals surface area contributed by atoms with Crippen molar-refractivity contribution in [1.29, 1.82) is 5.26 Å². The van der Waals surface area contributed by atoms with E-state index in [9.17, 15) is 23.3 Å². The number of nitrogen functional groups attached to an aromatic ring is 1. The van der Waals surface area contributed by atoms with E-state index in [1.54, 1.807) is 0 Å². The van der Waals surface area contributed by atoms with Gasteiger partial charge >= 0.3 is 18.1 Å². The maximum atomic E-state index is 11.9. The number of hydrogen-bond donors (Lipinski definition) is 1. The number of halogens is 3. The van der Waals surface area contributed by atoms with Gasteiger partial charge in [0.2, 0.25) is 0 Å². The molecule has 0 bridgehead atoms. The maximum absolute atomic E-state index is 11.9. The van der Waals surface area contributed by atoms with Gasteiger partial charge in [0, 0.05) is 11.1 Å². The highest BCUT2D eigenvalue weighted by Crippen LogP contribution is 2.29. The smallest absolute Gasteiger partial charge is 0.391 e. The number of pyridine rings is 1. The monoisotopic (exact) mass is 248 g/mol. The van der Waals surface area contributed by atoms with Gasteiger partial charge in [0.1, 0.15) is 11.8 Å². The average molecular weight is 248 g/mol. The molecule has 1 aromatic heterocycles. The van der Waals surface area contributed by atoms with Crippen molar-refractivity contribution in [3.8, 4) is 11.9 Å². The molecule has 10 heteroatoms. The highest BCUT2D eigenvalue weighted by atomic mass is 19.4. The van der Waals surface area contributed by atoms with E-state index in [1.807, 2.05) is 0 Å². The van der Waals surface area contributed by atoms with Crippen LogP contribution >= 0.6 is 0 Å². The maximum Gasteiger partial charge on any atom is 0.575 e. The first-order chi connectivity index (χ1) is 7.74. The van der Waals surface area contributed by atoms with Crippen molar-refractivity contribution in [3.63, 3.8) is 0 Å². The Balaban J connectivity index is 3.32. The van der Waals surface area contributed by atoms with Crippen molar-refractivity contribution < 1.29 is 22.8 Å². The zero-order chi connectivity index (χ0) is 13.2. The fraction of sp³-hybridized carbons (Fsp3) is 0.143. The van der Waals surface area contributed by atoms with Crippen LogP contribution in [-0.4, -0.2) is 16.3 Å². The van der Waals surface area contributed by atoms with Crippen LogP contribution in [0.1, 0.15) is 5.56 Å². The largest absolute Gasteiger partial charge is 0.575 e. The summed E-state index contributed by atoms with van der Waals surface area (Å²) in [4.78, 5) is 12.3. The van der Waals surface area contributed by atoms with Crippen LogP contribution in [-0.2, 0) is 0 Å². The van der Waals surface area contributed by atoms with Gasteiger partial charge in [-0.1, -0.05) is 0 Å². The second-order valence-electron chi connectivity index (χ2n) is 2.66. The van der Waals surface area contributed by atoms with Crippen molar-refractivity contribution in [2.45, 2.75) is 6.36 Å². The Bertz CT molecular complexity index is 508. The summed E-state index contributed by atoms with van der Waals surface area (Å²) in [7, 11) is 0. The molecule has 0 saturated heterocycles. The summed E-state index contributed by atoms with van der Waals surface area (Å²) in [5, 5.41) is 19.0. The minimum absolute atomic E-state index is 0.522. The van der Waals surface area contributed by atoms with Crippen LogP contribution in [0.4, 0.5) is 24.7 Å².